The van der Waals surface area contributed by atoms with Crippen LogP contribution in [0.15, 0.2) is 6.20 Å². The van der Waals surface area contributed by atoms with Gasteiger partial charge in [0.1, 0.15) is 5.00 Å². The summed E-state index contributed by atoms with van der Waals surface area (Å²) in [6.45, 7) is 0. The first-order chi connectivity index (χ1) is 5.95. The van der Waals surface area contributed by atoms with E-state index in [0.29, 0.717) is 6.04 Å². The van der Waals surface area contributed by atoms with Gasteiger partial charge in [-0.3, -0.25) is 0 Å². The summed E-state index contributed by atoms with van der Waals surface area (Å²) in [6.07, 6.45) is 8.54. The van der Waals surface area contributed by atoms with Crippen molar-refractivity contribution in [2.45, 2.75) is 38.1 Å². The Bertz CT molecular complexity index is 216. The van der Waals surface area contributed by atoms with Crippen molar-refractivity contribution in [3.05, 3.63) is 6.20 Å². The SMILES string of the molecule is c1nnsc1NC1CCCCC1. The van der Waals surface area contributed by atoms with E-state index in [1.807, 2.05) is 0 Å². The summed E-state index contributed by atoms with van der Waals surface area (Å²) >= 11 is 1.44. The summed E-state index contributed by atoms with van der Waals surface area (Å²) in [6, 6.07) is 0.668. The third-order valence-corrected chi connectivity index (χ3v) is 2.91. The zero-order valence-corrected chi connectivity index (χ0v) is 7.81. The molecule has 4 heteroatoms. The normalized spacial score (nSPS) is 19.3. The van der Waals surface area contributed by atoms with Crippen LogP contribution >= 0.6 is 11.5 Å². The molecule has 12 heavy (non-hydrogen) atoms. The number of nitrogens with one attached hydrogen (secondary N) is 1. The third kappa shape index (κ3) is 1.94. The molecule has 1 N–H and O–H groups in total. The Morgan fingerprint density at radius 3 is 2.83 bits per heavy atom. The Morgan fingerprint density at radius 1 is 1.33 bits per heavy atom. The van der Waals surface area contributed by atoms with Gasteiger partial charge in [0.25, 0.3) is 0 Å². The molecule has 0 saturated heterocycles. The predicted molar refractivity (Wildman–Crippen MR) is 50.4 cm³/mol. The van der Waals surface area contributed by atoms with Crippen molar-refractivity contribution in [1.82, 2.24) is 9.59 Å². The van der Waals surface area contributed by atoms with E-state index in [4.69, 9.17) is 0 Å². The zero-order valence-electron chi connectivity index (χ0n) is 6.99. The van der Waals surface area contributed by atoms with Crippen molar-refractivity contribution < 1.29 is 0 Å². The molecule has 0 atom stereocenters. The van der Waals surface area contributed by atoms with Crippen molar-refractivity contribution in [3.8, 4) is 0 Å². The third-order valence-electron chi connectivity index (χ3n) is 2.31. The molecule has 2 rings (SSSR count). The van der Waals surface area contributed by atoms with E-state index < -0.39 is 0 Å². The van der Waals surface area contributed by atoms with Crippen LogP contribution in [0.5, 0.6) is 0 Å². The van der Waals surface area contributed by atoms with Gasteiger partial charge in [-0.25, -0.2) is 0 Å². The van der Waals surface area contributed by atoms with Crippen molar-refractivity contribution in [1.29, 1.82) is 0 Å². The highest BCUT2D eigenvalue weighted by molar-refractivity contribution is 7.09. The van der Waals surface area contributed by atoms with Crippen molar-refractivity contribution >= 4 is 16.5 Å². The van der Waals surface area contributed by atoms with Crippen LogP contribution in [0.1, 0.15) is 32.1 Å². The van der Waals surface area contributed by atoms with E-state index in [1.165, 1.54) is 43.6 Å². The van der Waals surface area contributed by atoms with Crippen LogP contribution < -0.4 is 5.32 Å². The molecular weight excluding hydrogens is 170 g/mol. The van der Waals surface area contributed by atoms with Gasteiger partial charge < -0.3 is 5.32 Å². The zero-order chi connectivity index (χ0) is 8.23. The highest BCUT2D eigenvalue weighted by Crippen LogP contribution is 2.22. The van der Waals surface area contributed by atoms with Crippen molar-refractivity contribution in [2.75, 3.05) is 5.32 Å². The van der Waals surface area contributed by atoms with Gasteiger partial charge in [0, 0.05) is 17.6 Å². The molecule has 1 aromatic heterocycles. The van der Waals surface area contributed by atoms with Crippen molar-refractivity contribution in [2.24, 2.45) is 0 Å². The molecule has 0 amide bonds. The summed E-state index contributed by atoms with van der Waals surface area (Å²) in [4.78, 5) is 0. The second kappa shape index (κ2) is 3.85. The first-order valence-electron chi connectivity index (χ1n) is 4.49. The summed E-state index contributed by atoms with van der Waals surface area (Å²) in [5.74, 6) is 0. The minimum atomic E-state index is 0.668. The Kier molecular flexibility index (Phi) is 2.56. The van der Waals surface area contributed by atoms with Crippen molar-refractivity contribution in [3.63, 3.8) is 0 Å². The van der Waals surface area contributed by atoms with Gasteiger partial charge in [-0.15, -0.1) is 5.10 Å². The predicted octanol–water partition coefficient (Wildman–Crippen LogP) is 2.28. The van der Waals surface area contributed by atoms with E-state index >= 15 is 0 Å². The number of anilines is 1. The molecule has 1 aliphatic carbocycles. The van der Waals surface area contributed by atoms with Crippen LogP contribution in [0.4, 0.5) is 5.00 Å². The summed E-state index contributed by atoms with van der Waals surface area (Å²) in [7, 11) is 0. The first-order valence-corrected chi connectivity index (χ1v) is 5.26. The average molecular weight is 183 g/mol. The maximum absolute atomic E-state index is 3.82. The standard InChI is InChI=1S/C8H13N3S/c1-2-4-7(5-3-1)10-8-6-9-11-12-8/h6-7,10H,1-5H2. The first kappa shape index (κ1) is 7.98. The smallest absolute Gasteiger partial charge is 0.130 e. The lowest BCUT2D eigenvalue weighted by atomic mass is 9.96. The largest absolute Gasteiger partial charge is 0.372 e. The Labute approximate surface area is 76.4 Å². The lowest BCUT2D eigenvalue weighted by molar-refractivity contribution is 0.463. The summed E-state index contributed by atoms with van der Waals surface area (Å²) < 4.78 is 3.82. The van der Waals surface area contributed by atoms with Gasteiger partial charge in [-0.1, -0.05) is 23.8 Å². The fraction of sp³-hybridized carbons (Fsp3) is 0.750. The molecule has 66 valence electrons. The molecule has 3 nitrogen and oxygen atoms in total. The molecule has 0 aliphatic heterocycles. The molecule has 0 aromatic carbocycles. The fourth-order valence-corrected chi connectivity index (χ4v) is 2.17. The van der Waals surface area contributed by atoms with Crippen LogP contribution in [-0.4, -0.2) is 15.6 Å². The fourth-order valence-electron chi connectivity index (χ4n) is 1.68. The molecular formula is C8H13N3S. The summed E-state index contributed by atoms with van der Waals surface area (Å²) in [5.41, 5.74) is 0. The average Bonchev–Trinajstić information content (AvgIpc) is 2.59. The molecule has 0 bridgehead atoms. The lowest BCUT2D eigenvalue weighted by Crippen LogP contribution is -2.21. The van der Waals surface area contributed by atoms with E-state index in [9.17, 15) is 0 Å². The maximum atomic E-state index is 3.82. The summed E-state index contributed by atoms with van der Waals surface area (Å²) in [5, 5.41) is 8.36. The van der Waals surface area contributed by atoms with Gasteiger partial charge in [0.2, 0.25) is 0 Å². The van der Waals surface area contributed by atoms with Gasteiger partial charge >= 0.3 is 0 Å². The number of hydrogen-bond donors (Lipinski definition) is 1. The quantitative estimate of drug-likeness (QED) is 0.764. The molecule has 0 radical (unpaired) electrons. The highest BCUT2D eigenvalue weighted by atomic mass is 32.1. The van der Waals surface area contributed by atoms with Crippen LogP contribution in [0, 0.1) is 0 Å². The lowest BCUT2D eigenvalue weighted by Gasteiger charge is -2.22. The van der Waals surface area contributed by atoms with Crippen LogP contribution in [-0.2, 0) is 0 Å². The minimum Gasteiger partial charge on any atom is -0.372 e. The van der Waals surface area contributed by atoms with Gasteiger partial charge in [-0.05, 0) is 12.8 Å². The van der Waals surface area contributed by atoms with E-state index in [1.54, 1.807) is 6.20 Å². The second-order valence-electron chi connectivity index (χ2n) is 3.26. The van der Waals surface area contributed by atoms with Gasteiger partial charge in [0.05, 0.1) is 6.20 Å². The number of nitrogens with zero attached hydrogens (tertiary/aromatic N) is 2. The Balaban J connectivity index is 1.86. The molecule has 1 saturated carbocycles. The molecule has 0 unspecified atom stereocenters. The minimum absolute atomic E-state index is 0.668. The monoisotopic (exact) mass is 183 g/mol. The number of aromatic nitrogens is 2. The van der Waals surface area contributed by atoms with Crippen LogP contribution in [0.3, 0.4) is 0 Å². The molecule has 0 spiro atoms. The van der Waals surface area contributed by atoms with E-state index in [-0.39, 0.29) is 0 Å². The maximum Gasteiger partial charge on any atom is 0.130 e. The van der Waals surface area contributed by atoms with E-state index in [2.05, 4.69) is 14.9 Å². The molecule has 1 fully saturated rings. The highest BCUT2D eigenvalue weighted by Gasteiger charge is 2.13. The molecule has 1 aromatic rings. The van der Waals surface area contributed by atoms with Crippen LogP contribution in [0.2, 0.25) is 0 Å². The second-order valence-corrected chi connectivity index (χ2v) is 4.05. The van der Waals surface area contributed by atoms with Gasteiger partial charge in [0.15, 0.2) is 0 Å². The van der Waals surface area contributed by atoms with Gasteiger partial charge in [-0.2, -0.15) is 0 Å². The Hall–Kier alpha value is -0.640. The number of hydrogen-bond acceptors (Lipinski definition) is 4. The molecule has 1 heterocycles. The van der Waals surface area contributed by atoms with E-state index in [0.717, 1.165) is 5.00 Å². The Morgan fingerprint density at radius 2 is 2.17 bits per heavy atom. The number of rotatable bonds is 2. The molecule has 1 aliphatic rings. The topological polar surface area (TPSA) is 37.8 Å². The van der Waals surface area contributed by atoms with Crippen LogP contribution in [0.25, 0.3) is 0 Å².